The molecule has 0 aliphatic heterocycles. The molecule has 0 saturated carbocycles. The van der Waals surface area contributed by atoms with E-state index < -0.39 is 0 Å². The molecule has 0 aliphatic rings. The quantitative estimate of drug-likeness (QED) is 0.795. The molecule has 17 heavy (non-hydrogen) atoms. The maximum atomic E-state index is 11.8. The normalized spacial score (nSPS) is 10.9. The number of benzene rings is 1. The zero-order valence-electron chi connectivity index (χ0n) is 9.99. The van der Waals surface area contributed by atoms with E-state index in [1.165, 1.54) is 0 Å². The van der Waals surface area contributed by atoms with E-state index in [9.17, 15) is 9.90 Å². The molecular formula is C14H17NO2. The number of pyridine rings is 1. The van der Waals surface area contributed by atoms with Crippen LogP contribution in [-0.2, 0) is 6.42 Å². The molecule has 0 unspecified atom stereocenters. The van der Waals surface area contributed by atoms with Crippen molar-refractivity contribution in [2.45, 2.75) is 32.6 Å². The number of aromatic nitrogens is 1. The van der Waals surface area contributed by atoms with Gasteiger partial charge in [0.25, 0.3) is 5.56 Å². The molecule has 0 saturated heterocycles. The first-order valence-electron chi connectivity index (χ1n) is 6.06. The van der Waals surface area contributed by atoms with Crippen LogP contribution in [0.15, 0.2) is 29.1 Å². The fourth-order valence-corrected chi connectivity index (χ4v) is 2.03. The number of fused-ring (bicyclic) bond motifs is 1. The highest BCUT2D eigenvalue weighted by atomic mass is 16.3. The maximum Gasteiger partial charge on any atom is 0.256 e. The maximum absolute atomic E-state index is 11.8. The number of hydrogen-bond donors (Lipinski definition) is 2. The van der Waals surface area contributed by atoms with Crippen LogP contribution >= 0.6 is 0 Å². The van der Waals surface area contributed by atoms with Gasteiger partial charge in [0.2, 0.25) is 0 Å². The molecule has 0 amide bonds. The van der Waals surface area contributed by atoms with Crippen molar-refractivity contribution < 1.29 is 5.11 Å². The smallest absolute Gasteiger partial charge is 0.256 e. The minimum Gasteiger partial charge on any atom is -0.507 e. The Morgan fingerprint density at radius 2 is 2.06 bits per heavy atom. The van der Waals surface area contributed by atoms with E-state index in [-0.39, 0.29) is 11.3 Å². The SMILES string of the molecule is CCCCCc1cc2c(O)cccc2c(=O)[nH]1. The van der Waals surface area contributed by atoms with Gasteiger partial charge in [-0.2, -0.15) is 0 Å². The highest BCUT2D eigenvalue weighted by molar-refractivity contribution is 5.87. The fourth-order valence-electron chi connectivity index (χ4n) is 2.03. The van der Waals surface area contributed by atoms with Crippen molar-refractivity contribution >= 4 is 10.8 Å². The second-order valence-electron chi connectivity index (χ2n) is 4.32. The molecular weight excluding hydrogens is 214 g/mol. The molecule has 2 N–H and O–H groups in total. The lowest BCUT2D eigenvalue weighted by molar-refractivity contribution is 0.481. The summed E-state index contributed by atoms with van der Waals surface area (Å²) in [5, 5.41) is 10.9. The van der Waals surface area contributed by atoms with E-state index in [2.05, 4.69) is 11.9 Å². The van der Waals surface area contributed by atoms with Gasteiger partial charge in [-0.15, -0.1) is 0 Å². The van der Waals surface area contributed by atoms with E-state index in [1.54, 1.807) is 18.2 Å². The molecule has 3 heteroatoms. The Labute approximate surface area is 100 Å². The molecule has 3 nitrogen and oxygen atoms in total. The standard InChI is InChI=1S/C14H17NO2/c1-2-3-4-6-10-9-12-11(14(17)15-10)7-5-8-13(12)16/h5,7-9,16H,2-4,6H2,1H3,(H,15,17). The van der Waals surface area contributed by atoms with Crippen molar-refractivity contribution in [1.29, 1.82) is 0 Å². The summed E-state index contributed by atoms with van der Waals surface area (Å²) in [5.74, 6) is 0.172. The van der Waals surface area contributed by atoms with Crippen LogP contribution in [0.2, 0.25) is 0 Å². The van der Waals surface area contributed by atoms with Crippen LogP contribution in [-0.4, -0.2) is 10.1 Å². The number of aromatic hydroxyl groups is 1. The number of hydrogen-bond acceptors (Lipinski definition) is 2. The van der Waals surface area contributed by atoms with Crippen molar-refractivity contribution in [3.05, 3.63) is 40.3 Å². The van der Waals surface area contributed by atoms with E-state index in [4.69, 9.17) is 0 Å². The summed E-state index contributed by atoms with van der Waals surface area (Å²) in [6, 6.07) is 6.90. The average molecular weight is 231 g/mol. The number of aryl methyl sites for hydroxylation is 1. The van der Waals surface area contributed by atoms with Gasteiger partial charge in [-0.1, -0.05) is 25.8 Å². The average Bonchev–Trinajstić information content (AvgIpc) is 2.31. The summed E-state index contributed by atoms with van der Waals surface area (Å²) in [5.41, 5.74) is 0.780. The summed E-state index contributed by atoms with van der Waals surface area (Å²) in [4.78, 5) is 14.7. The van der Waals surface area contributed by atoms with Crippen LogP contribution in [0.5, 0.6) is 5.75 Å². The highest BCUT2D eigenvalue weighted by Crippen LogP contribution is 2.22. The Hall–Kier alpha value is -1.77. The zero-order chi connectivity index (χ0) is 12.3. The van der Waals surface area contributed by atoms with E-state index in [0.29, 0.717) is 10.8 Å². The summed E-state index contributed by atoms with van der Waals surface area (Å²) in [6.45, 7) is 2.15. The van der Waals surface area contributed by atoms with Crippen LogP contribution in [0.4, 0.5) is 0 Å². The molecule has 90 valence electrons. The third-order valence-corrected chi connectivity index (χ3v) is 2.97. The first-order valence-corrected chi connectivity index (χ1v) is 6.06. The second-order valence-corrected chi connectivity index (χ2v) is 4.32. The molecule has 0 atom stereocenters. The second kappa shape index (κ2) is 5.04. The fraction of sp³-hybridized carbons (Fsp3) is 0.357. The zero-order valence-corrected chi connectivity index (χ0v) is 9.99. The molecule has 2 aromatic rings. The molecule has 0 aliphatic carbocycles. The van der Waals surface area contributed by atoms with Crippen molar-refractivity contribution in [3.8, 4) is 5.75 Å². The number of rotatable bonds is 4. The Morgan fingerprint density at radius 1 is 1.24 bits per heavy atom. The van der Waals surface area contributed by atoms with Crippen LogP contribution in [0, 0.1) is 0 Å². The number of phenolic OH excluding ortho intramolecular Hbond substituents is 1. The minimum atomic E-state index is -0.120. The monoisotopic (exact) mass is 231 g/mol. The number of nitrogens with one attached hydrogen (secondary N) is 1. The first kappa shape index (κ1) is 11.7. The predicted octanol–water partition coefficient (Wildman–Crippen LogP) is 2.97. The minimum absolute atomic E-state index is 0.120. The molecule has 1 aromatic carbocycles. The Balaban J connectivity index is 2.40. The summed E-state index contributed by atoms with van der Waals surface area (Å²) in [6.07, 6.45) is 4.22. The number of H-pyrrole nitrogens is 1. The van der Waals surface area contributed by atoms with Gasteiger partial charge in [-0.05, 0) is 31.0 Å². The number of phenols is 1. The summed E-state index contributed by atoms with van der Waals surface area (Å²) in [7, 11) is 0. The Kier molecular flexibility index (Phi) is 3.47. The molecule has 0 bridgehead atoms. The Bertz CT molecular complexity index is 572. The molecule has 1 heterocycles. The first-order chi connectivity index (χ1) is 8.22. The third kappa shape index (κ3) is 2.49. The van der Waals surface area contributed by atoms with Crippen LogP contribution in [0.25, 0.3) is 10.8 Å². The molecule has 0 fully saturated rings. The highest BCUT2D eigenvalue weighted by Gasteiger charge is 2.05. The van der Waals surface area contributed by atoms with Gasteiger partial charge in [0.05, 0.1) is 5.39 Å². The largest absolute Gasteiger partial charge is 0.507 e. The predicted molar refractivity (Wildman–Crippen MR) is 69.5 cm³/mol. The van der Waals surface area contributed by atoms with Gasteiger partial charge < -0.3 is 10.1 Å². The van der Waals surface area contributed by atoms with Crippen LogP contribution < -0.4 is 5.56 Å². The summed E-state index contributed by atoms with van der Waals surface area (Å²) >= 11 is 0. The third-order valence-electron chi connectivity index (χ3n) is 2.97. The van der Waals surface area contributed by atoms with Gasteiger partial charge in [0, 0.05) is 11.1 Å². The van der Waals surface area contributed by atoms with Gasteiger partial charge in [-0.25, -0.2) is 0 Å². The molecule has 2 rings (SSSR count). The van der Waals surface area contributed by atoms with Gasteiger partial charge in [0.1, 0.15) is 5.75 Å². The topological polar surface area (TPSA) is 53.1 Å². The summed E-state index contributed by atoms with van der Waals surface area (Å²) < 4.78 is 0. The van der Waals surface area contributed by atoms with Gasteiger partial charge in [-0.3, -0.25) is 4.79 Å². The van der Waals surface area contributed by atoms with Crippen LogP contribution in [0.1, 0.15) is 31.9 Å². The lowest BCUT2D eigenvalue weighted by atomic mass is 10.1. The van der Waals surface area contributed by atoms with Crippen molar-refractivity contribution in [3.63, 3.8) is 0 Å². The van der Waals surface area contributed by atoms with Crippen LogP contribution in [0.3, 0.4) is 0 Å². The molecule has 0 spiro atoms. The number of unbranched alkanes of at least 4 members (excludes halogenated alkanes) is 2. The lowest BCUT2D eigenvalue weighted by Crippen LogP contribution is -2.09. The molecule has 0 radical (unpaired) electrons. The Morgan fingerprint density at radius 3 is 2.82 bits per heavy atom. The van der Waals surface area contributed by atoms with Crippen molar-refractivity contribution in [2.75, 3.05) is 0 Å². The van der Waals surface area contributed by atoms with Gasteiger partial charge >= 0.3 is 0 Å². The number of aromatic amines is 1. The lowest BCUT2D eigenvalue weighted by Gasteiger charge is -2.04. The van der Waals surface area contributed by atoms with E-state index >= 15 is 0 Å². The van der Waals surface area contributed by atoms with E-state index in [0.717, 1.165) is 31.4 Å². The van der Waals surface area contributed by atoms with E-state index in [1.807, 2.05) is 6.07 Å². The van der Waals surface area contributed by atoms with Crippen molar-refractivity contribution in [2.24, 2.45) is 0 Å². The van der Waals surface area contributed by atoms with Crippen molar-refractivity contribution in [1.82, 2.24) is 4.98 Å². The molecule has 1 aromatic heterocycles. The van der Waals surface area contributed by atoms with Gasteiger partial charge in [0.15, 0.2) is 0 Å².